The van der Waals surface area contributed by atoms with Crippen LogP contribution in [0, 0.1) is 5.82 Å². The molecule has 20 heavy (non-hydrogen) atoms. The summed E-state index contributed by atoms with van der Waals surface area (Å²) in [5.74, 6) is -0.288. The van der Waals surface area contributed by atoms with Gasteiger partial charge in [-0.2, -0.15) is 0 Å². The van der Waals surface area contributed by atoms with E-state index in [1.807, 2.05) is 0 Å². The Morgan fingerprint density at radius 1 is 1.10 bits per heavy atom. The van der Waals surface area contributed by atoms with E-state index in [4.69, 9.17) is 23.2 Å². The Morgan fingerprint density at radius 2 is 1.90 bits per heavy atom. The minimum atomic E-state index is -0.288. The van der Waals surface area contributed by atoms with Gasteiger partial charge in [0.05, 0.1) is 5.38 Å². The fraction of sp³-hybridized carbons (Fsp3) is 0.294. The van der Waals surface area contributed by atoms with Gasteiger partial charge < -0.3 is 0 Å². The second kappa shape index (κ2) is 5.75. The van der Waals surface area contributed by atoms with E-state index >= 15 is 0 Å². The number of benzene rings is 2. The molecule has 0 nitrogen and oxygen atoms in total. The summed E-state index contributed by atoms with van der Waals surface area (Å²) in [5.41, 5.74) is 4.34. The van der Waals surface area contributed by atoms with Crippen molar-refractivity contribution in [3.63, 3.8) is 0 Å². The van der Waals surface area contributed by atoms with Crippen LogP contribution >= 0.6 is 23.2 Å². The van der Waals surface area contributed by atoms with Crippen molar-refractivity contribution in [1.29, 1.82) is 0 Å². The minimum absolute atomic E-state index is 0.254. The summed E-state index contributed by atoms with van der Waals surface area (Å²) >= 11 is 12.5. The monoisotopic (exact) mass is 308 g/mol. The summed E-state index contributed by atoms with van der Waals surface area (Å²) in [4.78, 5) is 0. The molecule has 2 aromatic carbocycles. The largest absolute Gasteiger partial charge is 0.207 e. The first-order valence-corrected chi connectivity index (χ1v) is 7.65. The van der Waals surface area contributed by atoms with Crippen LogP contribution in [0.5, 0.6) is 0 Å². The van der Waals surface area contributed by atoms with Gasteiger partial charge in [0, 0.05) is 10.6 Å². The van der Waals surface area contributed by atoms with Crippen LogP contribution in [-0.2, 0) is 19.3 Å². The summed E-state index contributed by atoms with van der Waals surface area (Å²) in [6, 6.07) is 11.1. The van der Waals surface area contributed by atoms with Crippen molar-refractivity contribution in [2.75, 3.05) is 0 Å². The summed E-state index contributed by atoms with van der Waals surface area (Å²) in [6.07, 6.45) is 3.89. The molecule has 2 aromatic rings. The van der Waals surface area contributed by atoms with Crippen molar-refractivity contribution in [2.24, 2.45) is 0 Å². The predicted octanol–water partition coefficient (Wildman–Crippen LogP) is 5.49. The standard InChI is InChI=1S/C17H15Cl2F/c18-15-5-2-6-17(20)14(15)10-16(19)13-8-7-11-3-1-4-12(11)9-13/h2,5-9,16H,1,3-4,10H2. The van der Waals surface area contributed by atoms with E-state index in [1.165, 1.54) is 23.6 Å². The van der Waals surface area contributed by atoms with Crippen LogP contribution in [0.2, 0.25) is 5.02 Å². The number of hydrogen-bond acceptors (Lipinski definition) is 0. The molecule has 0 aromatic heterocycles. The van der Waals surface area contributed by atoms with E-state index in [2.05, 4.69) is 18.2 Å². The van der Waals surface area contributed by atoms with Crippen LogP contribution in [0.3, 0.4) is 0 Å². The average molecular weight is 309 g/mol. The Morgan fingerprint density at radius 3 is 2.70 bits per heavy atom. The van der Waals surface area contributed by atoms with Gasteiger partial charge >= 0.3 is 0 Å². The molecule has 0 bridgehead atoms. The van der Waals surface area contributed by atoms with E-state index in [0.717, 1.165) is 18.4 Å². The Balaban J connectivity index is 1.84. The van der Waals surface area contributed by atoms with Gasteiger partial charge in [0.15, 0.2) is 0 Å². The summed E-state index contributed by atoms with van der Waals surface area (Å²) in [7, 11) is 0. The lowest BCUT2D eigenvalue weighted by atomic mass is 10.00. The van der Waals surface area contributed by atoms with Crippen molar-refractivity contribution in [2.45, 2.75) is 31.1 Å². The molecule has 0 N–H and O–H groups in total. The zero-order valence-corrected chi connectivity index (χ0v) is 12.5. The summed E-state index contributed by atoms with van der Waals surface area (Å²) in [6.45, 7) is 0. The van der Waals surface area contributed by atoms with Crippen LogP contribution < -0.4 is 0 Å². The Bertz CT molecular complexity index is 617. The number of hydrogen-bond donors (Lipinski definition) is 0. The Kier molecular flexibility index (Phi) is 4.00. The lowest BCUT2D eigenvalue weighted by Crippen LogP contribution is -2.00. The van der Waals surface area contributed by atoms with E-state index in [0.29, 0.717) is 17.0 Å². The quantitative estimate of drug-likeness (QED) is 0.658. The van der Waals surface area contributed by atoms with Crippen LogP contribution in [0.15, 0.2) is 36.4 Å². The molecule has 0 radical (unpaired) electrons. The van der Waals surface area contributed by atoms with Crippen LogP contribution in [-0.4, -0.2) is 0 Å². The van der Waals surface area contributed by atoms with E-state index in [9.17, 15) is 4.39 Å². The summed E-state index contributed by atoms with van der Waals surface area (Å²) in [5, 5.41) is 0.187. The van der Waals surface area contributed by atoms with E-state index in [-0.39, 0.29) is 11.2 Å². The number of alkyl halides is 1. The molecule has 1 unspecified atom stereocenters. The molecule has 0 heterocycles. The van der Waals surface area contributed by atoms with E-state index in [1.54, 1.807) is 12.1 Å². The molecular formula is C17H15Cl2F. The highest BCUT2D eigenvalue weighted by Gasteiger charge is 2.17. The van der Waals surface area contributed by atoms with Gasteiger partial charge in [-0.15, -0.1) is 11.6 Å². The molecule has 0 fully saturated rings. The lowest BCUT2D eigenvalue weighted by Gasteiger charge is -2.13. The van der Waals surface area contributed by atoms with Crippen molar-refractivity contribution in [3.8, 4) is 0 Å². The average Bonchev–Trinajstić information content (AvgIpc) is 2.90. The molecule has 1 aliphatic carbocycles. The van der Waals surface area contributed by atoms with Crippen molar-refractivity contribution in [1.82, 2.24) is 0 Å². The van der Waals surface area contributed by atoms with Crippen molar-refractivity contribution >= 4 is 23.2 Å². The third-order valence-electron chi connectivity index (χ3n) is 3.93. The molecule has 0 spiro atoms. The third kappa shape index (κ3) is 2.70. The molecule has 1 atom stereocenters. The molecule has 0 saturated carbocycles. The maximum Gasteiger partial charge on any atom is 0.127 e. The molecule has 3 rings (SSSR count). The molecule has 0 saturated heterocycles. The fourth-order valence-corrected chi connectivity index (χ4v) is 3.34. The van der Waals surface area contributed by atoms with Crippen LogP contribution in [0.1, 0.15) is 34.1 Å². The zero-order chi connectivity index (χ0) is 14.1. The number of rotatable bonds is 3. The van der Waals surface area contributed by atoms with Gasteiger partial charge in [0.2, 0.25) is 0 Å². The van der Waals surface area contributed by atoms with Crippen LogP contribution in [0.4, 0.5) is 4.39 Å². The number of fused-ring (bicyclic) bond motifs is 1. The predicted molar refractivity (Wildman–Crippen MR) is 82.2 cm³/mol. The first-order valence-electron chi connectivity index (χ1n) is 6.84. The highest BCUT2D eigenvalue weighted by molar-refractivity contribution is 6.31. The second-order valence-corrected chi connectivity index (χ2v) is 6.19. The van der Waals surface area contributed by atoms with Gasteiger partial charge in [0.1, 0.15) is 5.82 Å². The number of halogens is 3. The van der Waals surface area contributed by atoms with Crippen molar-refractivity contribution < 1.29 is 4.39 Å². The van der Waals surface area contributed by atoms with Crippen LogP contribution in [0.25, 0.3) is 0 Å². The maximum absolute atomic E-state index is 13.8. The highest BCUT2D eigenvalue weighted by Crippen LogP contribution is 2.32. The van der Waals surface area contributed by atoms with Gasteiger partial charge in [-0.05, 0) is 54.5 Å². The maximum atomic E-state index is 13.8. The highest BCUT2D eigenvalue weighted by atomic mass is 35.5. The normalized spacial score (nSPS) is 15.2. The molecule has 0 aliphatic heterocycles. The first-order chi connectivity index (χ1) is 9.65. The summed E-state index contributed by atoms with van der Waals surface area (Å²) < 4.78 is 13.8. The first kappa shape index (κ1) is 13.9. The second-order valence-electron chi connectivity index (χ2n) is 5.25. The molecule has 1 aliphatic rings. The molecule has 104 valence electrons. The minimum Gasteiger partial charge on any atom is -0.207 e. The third-order valence-corrected chi connectivity index (χ3v) is 4.69. The smallest absolute Gasteiger partial charge is 0.127 e. The van der Waals surface area contributed by atoms with Crippen molar-refractivity contribution in [3.05, 3.63) is 69.5 Å². The fourth-order valence-electron chi connectivity index (χ4n) is 2.81. The topological polar surface area (TPSA) is 0 Å². The Labute approximate surface area is 128 Å². The molecule has 3 heteroatoms. The molecule has 0 amide bonds. The van der Waals surface area contributed by atoms with Gasteiger partial charge in [-0.1, -0.05) is 35.9 Å². The van der Waals surface area contributed by atoms with Gasteiger partial charge in [-0.3, -0.25) is 0 Å². The van der Waals surface area contributed by atoms with Gasteiger partial charge in [-0.25, -0.2) is 4.39 Å². The Hall–Kier alpha value is -1.05. The number of aryl methyl sites for hydroxylation is 2. The van der Waals surface area contributed by atoms with Gasteiger partial charge in [0.25, 0.3) is 0 Å². The SMILES string of the molecule is Fc1cccc(Cl)c1CC(Cl)c1ccc2c(c1)CCC2. The lowest BCUT2D eigenvalue weighted by molar-refractivity contribution is 0.607. The van der Waals surface area contributed by atoms with E-state index < -0.39 is 0 Å². The molecular weight excluding hydrogens is 294 g/mol. The zero-order valence-electron chi connectivity index (χ0n) is 11.0.